The Labute approximate surface area is 129 Å². The van der Waals surface area contributed by atoms with Gasteiger partial charge in [0.2, 0.25) is 0 Å². The number of hydrogen-bond acceptors (Lipinski definition) is 3. The van der Waals surface area contributed by atoms with Crippen molar-refractivity contribution >= 4 is 22.4 Å². The summed E-state index contributed by atoms with van der Waals surface area (Å²) in [5, 5.41) is 0.113. The number of Topliss-reactive ketones (excluding diaryl/α,β-unsaturated/α-hetero) is 1. The summed E-state index contributed by atoms with van der Waals surface area (Å²) in [6.45, 7) is 1.21. The molecule has 23 heavy (non-hydrogen) atoms. The van der Waals surface area contributed by atoms with Gasteiger partial charge in [-0.2, -0.15) is 13.2 Å². The van der Waals surface area contributed by atoms with E-state index in [1.165, 1.54) is 31.0 Å². The number of nitrogens with one attached hydrogen (secondary N) is 1. The highest BCUT2D eigenvalue weighted by Crippen LogP contribution is 2.36. The van der Waals surface area contributed by atoms with Crippen molar-refractivity contribution in [1.29, 1.82) is 0 Å². The van der Waals surface area contributed by atoms with Crippen molar-refractivity contribution in [2.75, 3.05) is 18.5 Å². The molecule has 7 heteroatoms. The first-order chi connectivity index (χ1) is 10.7. The highest BCUT2D eigenvalue weighted by Gasteiger charge is 2.34. The van der Waals surface area contributed by atoms with Crippen LogP contribution in [0.4, 0.5) is 18.9 Å². The van der Waals surface area contributed by atoms with E-state index in [0.29, 0.717) is 0 Å². The van der Waals surface area contributed by atoms with Crippen molar-refractivity contribution in [3.8, 4) is 12.3 Å². The molecule has 0 atom stereocenters. The predicted molar refractivity (Wildman–Crippen MR) is 81.7 cm³/mol. The third-order valence-corrected chi connectivity index (χ3v) is 3.39. The Morgan fingerprint density at radius 1 is 1.39 bits per heavy atom. The van der Waals surface area contributed by atoms with Crippen LogP contribution in [0.5, 0.6) is 0 Å². The Kier molecular flexibility index (Phi) is 4.19. The minimum absolute atomic E-state index is 0.0368. The number of para-hydroxylation sites is 1. The minimum atomic E-state index is -4.64. The number of aromatic nitrogens is 1. The van der Waals surface area contributed by atoms with Crippen LogP contribution >= 0.6 is 0 Å². The fraction of sp³-hybridized carbons (Fsp3) is 0.250. The van der Waals surface area contributed by atoms with E-state index in [9.17, 15) is 22.8 Å². The first-order valence-corrected chi connectivity index (χ1v) is 6.60. The number of H-pyrrole nitrogens is 1. The van der Waals surface area contributed by atoms with E-state index in [1.807, 2.05) is 0 Å². The maximum absolute atomic E-state index is 13.2. The molecule has 1 N–H and O–H groups in total. The number of fused-ring (bicyclic) bond motifs is 1. The number of hydrogen-bond donors (Lipinski definition) is 1. The molecule has 1 heterocycles. The van der Waals surface area contributed by atoms with E-state index in [1.54, 1.807) is 0 Å². The molecular weight excluding hydrogens is 309 g/mol. The van der Waals surface area contributed by atoms with Gasteiger partial charge in [-0.05, 0) is 13.0 Å². The second kappa shape index (κ2) is 5.80. The molecule has 1 aromatic carbocycles. The first kappa shape index (κ1) is 16.6. The number of halogens is 3. The lowest BCUT2D eigenvalue weighted by Crippen LogP contribution is -2.27. The van der Waals surface area contributed by atoms with Crippen LogP contribution in [0.3, 0.4) is 0 Å². The third kappa shape index (κ3) is 2.93. The standard InChI is InChI=1S/C16H13F3N2O2/c1-4-8-21(3)14-10-6-5-7-11(16(17,18)19)13(10)20-15(23)12(14)9(2)22/h1,5-7H,8H2,2-3H3,(H,20,23). The predicted octanol–water partition coefficient (Wildman–Crippen LogP) is 2.82. The van der Waals surface area contributed by atoms with Crippen LogP contribution in [0.25, 0.3) is 10.9 Å². The molecule has 0 aliphatic rings. The lowest BCUT2D eigenvalue weighted by atomic mass is 10.0. The number of aromatic amines is 1. The highest BCUT2D eigenvalue weighted by molar-refractivity contribution is 6.07. The fourth-order valence-corrected chi connectivity index (χ4v) is 2.48. The van der Waals surface area contributed by atoms with E-state index in [-0.39, 0.29) is 28.7 Å². The van der Waals surface area contributed by atoms with Gasteiger partial charge in [-0.25, -0.2) is 0 Å². The van der Waals surface area contributed by atoms with Crippen LogP contribution in [-0.4, -0.2) is 24.4 Å². The number of carbonyl (C=O) groups is 1. The lowest BCUT2D eigenvalue weighted by molar-refractivity contribution is -0.136. The fourth-order valence-electron chi connectivity index (χ4n) is 2.48. The summed E-state index contributed by atoms with van der Waals surface area (Å²) in [5.41, 5.74) is -2.33. The number of rotatable bonds is 3. The number of ketones is 1. The van der Waals surface area contributed by atoms with E-state index in [4.69, 9.17) is 6.42 Å². The zero-order chi connectivity index (χ0) is 17.4. The smallest absolute Gasteiger partial charge is 0.362 e. The first-order valence-electron chi connectivity index (χ1n) is 6.60. The summed E-state index contributed by atoms with van der Waals surface area (Å²) in [7, 11) is 1.51. The second-order valence-corrected chi connectivity index (χ2v) is 5.02. The molecule has 0 fully saturated rings. The Bertz CT molecular complexity index is 876. The molecule has 0 aliphatic heterocycles. The largest absolute Gasteiger partial charge is 0.418 e. The molecule has 4 nitrogen and oxygen atoms in total. The molecule has 0 aliphatic carbocycles. The van der Waals surface area contributed by atoms with Gasteiger partial charge in [0.1, 0.15) is 5.56 Å². The maximum atomic E-state index is 13.2. The summed E-state index contributed by atoms with van der Waals surface area (Å²) in [6, 6.07) is 3.51. The monoisotopic (exact) mass is 322 g/mol. The molecule has 1 aromatic heterocycles. The van der Waals surface area contributed by atoms with E-state index < -0.39 is 23.1 Å². The molecule has 120 valence electrons. The number of anilines is 1. The van der Waals surface area contributed by atoms with Gasteiger partial charge in [0.05, 0.1) is 23.3 Å². The quantitative estimate of drug-likeness (QED) is 0.698. The molecule has 0 bridgehead atoms. The second-order valence-electron chi connectivity index (χ2n) is 5.02. The summed E-state index contributed by atoms with van der Waals surface area (Å²) in [6.07, 6.45) is 0.595. The van der Waals surface area contributed by atoms with Gasteiger partial charge in [-0.1, -0.05) is 18.1 Å². The van der Waals surface area contributed by atoms with Gasteiger partial charge in [-0.3, -0.25) is 9.59 Å². The number of carbonyl (C=O) groups excluding carboxylic acids is 1. The molecule has 2 rings (SSSR count). The summed E-state index contributed by atoms with van der Waals surface area (Å²) >= 11 is 0. The number of nitrogens with zero attached hydrogens (tertiary/aromatic N) is 1. The molecule has 0 saturated heterocycles. The topological polar surface area (TPSA) is 53.2 Å². The Morgan fingerprint density at radius 2 is 2.04 bits per heavy atom. The van der Waals surface area contributed by atoms with Gasteiger partial charge in [0.15, 0.2) is 5.78 Å². The highest BCUT2D eigenvalue weighted by atomic mass is 19.4. The van der Waals surface area contributed by atoms with Gasteiger partial charge in [-0.15, -0.1) is 6.42 Å². The van der Waals surface area contributed by atoms with Crippen molar-refractivity contribution in [2.24, 2.45) is 0 Å². The average molecular weight is 322 g/mol. The Hall–Kier alpha value is -2.75. The van der Waals surface area contributed by atoms with Crippen molar-refractivity contribution in [3.05, 3.63) is 39.7 Å². The zero-order valence-corrected chi connectivity index (χ0v) is 12.4. The van der Waals surface area contributed by atoms with E-state index in [2.05, 4.69) is 10.9 Å². The van der Waals surface area contributed by atoms with Gasteiger partial charge in [0.25, 0.3) is 5.56 Å². The Morgan fingerprint density at radius 3 is 2.57 bits per heavy atom. The Balaban J connectivity index is 2.99. The molecule has 2 aromatic rings. The molecule has 0 unspecified atom stereocenters. The number of alkyl halides is 3. The third-order valence-electron chi connectivity index (χ3n) is 3.39. The van der Waals surface area contributed by atoms with Crippen LogP contribution in [0.2, 0.25) is 0 Å². The van der Waals surface area contributed by atoms with Gasteiger partial charge < -0.3 is 9.88 Å². The minimum Gasteiger partial charge on any atom is -0.362 e. The SMILES string of the molecule is C#CCN(C)c1c(C(C)=O)c(=O)[nH]c2c(C(F)(F)F)cccc12. The van der Waals surface area contributed by atoms with Crippen LogP contribution in [-0.2, 0) is 6.18 Å². The maximum Gasteiger partial charge on any atom is 0.418 e. The number of pyridine rings is 1. The van der Waals surface area contributed by atoms with Crippen molar-refractivity contribution < 1.29 is 18.0 Å². The number of terminal acetylenes is 1. The van der Waals surface area contributed by atoms with Gasteiger partial charge >= 0.3 is 6.18 Å². The normalized spacial score (nSPS) is 11.3. The summed E-state index contributed by atoms with van der Waals surface area (Å²) < 4.78 is 39.5. The van der Waals surface area contributed by atoms with Crippen LogP contribution < -0.4 is 10.5 Å². The average Bonchev–Trinajstić information content (AvgIpc) is 2.43. The van der Waals surface area contributed by atoms with Gasteiger partial charge in [0, 0.05) is 12.4 Å². The van der Waals surface area contributed by atoms with Crippen molar-refractivity contribution in [3.63, 3.8) is 0 Å². The molecule has 0 amide bonds. The molecule has 0 radical (unpaired) electrons. The summed E-state index contributed by atoms with van der Waals surface area (Å²) in [5.74, 6) is 1.79. The molecule has 0 spiro atoms. The zero-order valence-electron chi connectivity index (χ0n) is 12.4. The summed E-state index contributed by atoms with van der Waals surface area (Å²) in [4.78, 5) is 27.6. The van der Waals surface area contributed by atoms with E-state index >= 15 is 0 Å². The molecule has 0 saturated carbocycles. The van der Waals surface area contributed by atoms with Crippen molar-refractivity contribution in [2.45, 2.75) is 13.1 Å². The van der Waals surface area contributed by atoms with Crippen LogP contribution in [0, 0.1) is 12.3 Å². The van der Waals surface area contributed by atoms with Crippen LogP contribution in [0.15, 0.2) is 23.0 Å². The lowest BCUT2D eigenvalue weighted by Gasteiger charge is -2.22. The molecular formula is C16H13F3N2O2. The van der Waals surface area contributed by atoms with E-state index in [0.717, 1.165) is 6.07 Å². The van der Waals surface area contributed by atoms with Crippen LogP contribution in [0.1, 0.15) is 22.8 Å². The number of benzene rings is 1. The van der Waals surface area contributed by atoms with Crippen molar-refractivity contribution in [1.82, 2.24) is 4.98 Å².